The molecule has 3 saturated heterocycles. The highest BCUT2D eigenvalue weighted by molar-refractivity contribution is 7.22. The van der Waals surface area contributed by atoms with Crippen molar-refractivity contribution in [3.05, 3.63) is 125 Å². The van der Waals surface area contributed by atoms with Crippen molar-refractivity contribution >= 4 is 78.7 Å². The van der Waals surface area contributed by atoms with Crippen molar-refractivity contribution in [2.24, 2.45) is 7.05 Å². The van der Waals surface area contributed by atoms with E-state index >= 15 is 0 Å². The Bertz CT molecular complexity index is 3310. The highest BCUT2D eigenvalue weighted by atomic mass is 32.1. The number of ether oxygens (including phenoxy) is 1. The zero-order chi connectivity index (χ0) is 51.0. The molecule has 1 unspecified atom stereocenters. The van der Waals surface area contributed by atoms with Crippen molar-refractivity contribution in [2.45, 2.75) is 38.6 Å². The minimum Gasteiger partial charge on any atom is -0.492 e. The van der Waals surface area contributed by atoms with Gasteiger partial charge in [-0.25, -0.2) is 14.8 Å². The fraction of sp³-hybridized carbons (Fsp3) is 0.345. The maximum absolute atomic E-state index is 13.7. The topological polar surface area (TPSA) is 199 Å². The highest BCUT2D eigenvalue weighted by Crippen LogP contribution is 2.36. The molecular weight excluding hydrogens is 959 g/mol. The number of amides is 4. The van der Waals surface area contributed by atoms with E-state index in [9.17, 15) is 29.1 Å². The zero-order valence-corrected chi connectivity index (χ0v) is 42.2. The first-order valence-electron chi connectivity index (χ1n) is 25.2. The van der Waals surface area contributed by atoms with Gasteiger partial charge >= 0.3 is 5.97 Å². The number of para-hydroxylation sites is 1. The summed E-state index contributed by atoms with van der Waals surface area (Å²) in [5.41, 5.74) is 7.98. The van der Waals surface area contributed by atoms with Gasteiger partial charge in [-0.3, -0.25) is 44.3 Å². The van der Waals surface area contributed by atoms with Gasteiger partial charge in [0, 0.05) is 108 Å². The van der Waals surface area contributed by atoms with E-state index in [1.165, 1.54) is 11.3 Å². The van der Waals surface area contributed by atoms with Crippen LogP contribution in [-0.4, -0.2) is 148 Å². The number of rotatable bonds is 13. The average Bonchev–Trinajstić information content (AvgIpc) is 3.98. The van der Waals surface area contributed by atoms with Crippen molar-refractivity contribution < 1.29 is 33.8 Å². The van der Waals surface area contributed by atoms with Gasteiger partial charge in [0.05, 0.1) is 33.9 Å². The Balaban J connectivity index is 0.655. The summed E-state index contributed by atoms with van der Waals surface area (Å²) in [4.78, 5) is 84.5. The summed E-state index contributed by atoms with van der Waals surface area (Å²) in [6, 6.07) is 29.0. The number of aryl methyl sites for hydroxylation is 1. The van der Waals surface area contributed by atoms with Gasteiger partial charge in [0.1, 0.15) is 18.2 Å². The number of carboxylic acids is 1. The highest BCUT2D eigenvalue weighted by Gasteiger charge is 2.33. The normalized spacial score (nSPS) is 17.6. The van der Waals surface area contributed by atoms with Gasteiger partial charge < -0.3 is 24.5 Å². The number of anilines is 3. The third-order valence-electron chi connectivity index (χ3n) is 14.9. The standard InChI is InChI=1S/C55H57N11O7S/c1-34-37(38-15-17-47(57-51(38)54(71)72)66-20-19-35-7-5-9-39(42(35)32-66)52(69)59-55-56-43-10-3-4-12-46(43)74-55)8-6-11-45(34)73-30-29-62-21-23-63(24-22-62)33-49(68)65-27-25-64(26-28-65)36-13-14-40-44(31-36)61(2)60-50(40)41-16-18-48(67)58-53(41)70/h3-15,17,31,41H,16,18-30,32-33H2,1-2H3,(H,71,72)(H,56,59,69)(H,58,67,70). The molecule has 380 valence electrons. The lowest BCUT2D eigenvalue weighted by Gasteiger charge is -2.38. The summed E-state index contributed by atoms with van der Waals surface area (Å²) in [6.07, 6.45) is 1.42. The molecule has 11 rings (SSSR count). The van der Waals surface area contributed by atoms with Crippen molar-refractivity contribution in [2.75, 3.05) is 93.7 Å². The molecule has 74 heavy (non-hydrogen) atoms. The van der Waals surface area contributed by atoms with Gasteiger partial charge in [-0.05, 0) is 96.6 Å². The van der Waals surface area contributed by atoms with Crippen molar-refractivity contribution in [3.63, 3.8) is 0 Å². The molecule has 3 aromatic heterocycles. The predicted molar refractivity (Wildman–Crippen MR) is 283 cm³/mol. The number of pyridine rings is 1. The van der Waals surface area contributed by atoms with E-state index in [2.05, 4.69) is 47.5 Å². The van der Waals surface area contributed by atoms with Crippen LogP contribution in [0.25, 0.3) is 32.2 Å². The van der Waals surface area contributed by atoms with E-state index in [-0.39, 0.29) is 29.3 Å². The maximum atomic E-state index is 13.7. The van der Waals surface area contributed by atoms with Crippen LogP contribution in [0.4, 0.5) is 16.6 Å². The van der Waals surface area contributed by atoms with Crippen LogP contribution in [0.3, 0.4) is 0 Å². The second kappa shape index (κ2) is 20.6. The minimum absolute atomic E-state index is 0.0578. The Morgan fingerprint density at radius 1 is 0.824 bits per heavy atom. The Labute approximate surface area is 431 Å². The van der Waals surface area contributed by atoms with Gasteiger partial charge in [0.15, 0.2) is 10.8 Å². The molecule has 0 saturated carbocycles. The molecule has 0 aliphatic carbocycles. The van der Waals surface area contributed by atoms with Gasteiger partial charge in [-0.1, -0.05) is 47.7 Å². The first-order chi connectivity index (χ1) is 35.9. The molecule has 18 nitrogen and oxygen atoms in total. The van der Waals surface area contributed by atoms with Crippen molar-refractivity contribution in [1.29, 1.82) is 0 Å². The number of thiazole rings is 1. The van der Waals surface area contributed by atoms with Gasteiger partial charge in [0.25, 0.3) is 5.91 Å². The number of piperazine rings is 2. The van der Waals surface area contributed by atoms with Crippen molar-refractivity contribution in [1.82, 2.24) is 39.8 Å². The third-order valence-corrected chi connectivity index (χ3v) is 15.9. The fourth-order valence-electron chi connectivity index (χ4n) is 10.8. The molecule has 0 radical (unpaired) electrons. The van der Waals surface area contributed by atoms with Crippen LogP contribution in [0.2, 0.25) is 0 Å². The van der Waals surface area contributed by atoms with E-state index < -0.39 is 11.9 Å². The van der Waals surface area contributed by atoms with Gasteiger partial charge in [-0.2, -0.15) is 5.10 Å². The summed E-state index contributed by atoms with van der Waals surface area (Å²) >= 11 is 1.43. The molecule has 7 heterocycles. The first kappa shape index (κ1) is 48.5. The Hall–Kier alpha value is -7.74. The van der Waals surface area contributed by atoms with Gasteiger partial charge in [0.2, 0.25) is 17.7 Å². The Kier molecular flexibility index (Phi) is 13.5. The molecule has 4 aliphatic heterocycles. The lowest BCUT2D eigenvalue weighted by molar-refractivity contribution is -0.135. The summed E-state index contributed by atoms with van der Waals surface area (Å²) in [7, 11) is 1.87. The number of aromatic nitrogens is 4. The number of hydrogen-bond acceptors (Lipinski definition) is 14. The van der Waals surface area contributed by atoms with E-state index in [1.54, 1.807) is 4.68 Å². The van der Waals surface area contributed by atoms with E-state index in [0.717, 1.165) is 75.2 Å². The van der Waals surface area contributed by atoms with Crippen LogP contribution in [-0.2, 0) is 34.4 Å². The SMILES string of the molecule is Cc1c(OCCN2CCN(CC(=O)N3CCN(c4ccc5c(C6CCC(=O)NC6=O)nn(C)c5c4)CC3)CC2)cccc1-c1ccc(N2CCc3cccc(C(=O)Nc4nc5ccccc5s4)c3C2)nc1C(=O)O. The molecule has 4 aromatic carbocycles. The lowest BCUT2D eigenvalue weighted by Crippen LogP contribution is -2.54. The summed E-state index contributed by atoms with van der Waals surface area (Å²) < 4.78 is 9.14. The van der Waals surface area contributed by atoms with Crippen molar-refractivity contribution in [3.8, 4) is 16.9 Å². The van der Waals surface area contributed by atoms with Gasteiger partial charge in [-0.15, -0.1) is 0 Å². The Morgan fingerprint density at radius 3 is 2.42 bits per heavy atom. The number of carbonyl (C=O) groups is 5. The van der Waals surface area contributed by atoms with E-state index in [4.69, 9.17) is 9.72 Å². The van der Waals surface area contributed by atoms with Crippen LogP contribution >= 0.6 is 11.3 Å². The van der Waals surface area contributed by atoms with Crippen LogP contribution in [0.1, 0.15) is 62.0 Å². The molecule has 3 N–H and O–H groups in total. The summed E-state index contributed by atoms with van der Waals surface area (Å²) in [6.45, 7) is 10.3. The summed E-state index contributed by atoms with van der Waals surface area (Å²) in [5.74, 6) is -1.04. The van der Waals surface area contributed by atoms with Crippen LogP contribution in [0.15, 0.2) is 91.0 Å². The maximum Gasteiger partial charge on any atom is 0.355 e. The summed E-state index contributed by atoms with van der Waals surface area (Å²) in [5, 5.41) is 22.1. The number of imide groups is 1. The zero-order valence-electron chi connectivity index (χ0n) is 41.4. The van der Waals surface area contributed by atoms with E-state index in [0.29, 0.717) is 112 Å². The molecule has 0 spiro atoms. The second-order valence-corrected chi connectivity index (χ2v) is 20.4. The predicted octanol–water partition coefficient (Wildman–Crippen LogP) is 5.93. The molecule has 1 atom stereocenters. The smallest absolute Gasteiger partial charge is 0.355 e. The number of hydrogen-bond donors (Lipinski definition) is 3. The average molecular weight is 1020 g/mol. The number of carbonyl (C=O) groups excluding carboxylic acids is 4. The van der Waals surface area contributed by atoms with Crippen LogP contribution in [0.5, 0.6) is 5.75 Å². The quantitative estimate of drug-likeness (QED) is 0.115. The fourth-order valence-corrected chi connectivity index (χ4v) is 11.7. The lowest BCUT2D eigenvalue weighted by atomic mass is 9.93. The molecule has 4 aliphatic rings. The van der Waals surface area contributed by atoms with Crippen LogP contribution in [0, 0.1) is 6.92 Å². The monoisotopic (exact) mass is 1020 g/mol. The number of aromatic carboxylic acids is 1. The number of piperidine rings is 1. The third kappa shape index (κ3) is 9.89. The molecule has 4 amide bonds. The van der Waals surface area contributed by atoms with Crippen LogP contribution < -0.4 is 25.2 Å². The molecule has 3 fully saturated rings. The number of fused-ring (bicyclic) bond motifs is 3. The Morgan fingerprint density at radius 2 is 1.62 bits per heavy atom. The minimum atomic E-state index is -1.13. The molecular formula is C55H57N11O7S. The van der Waals surface area contributed by atoms with E-state index in [1.807, 2.05) is 103 Å². The second-order valence-electron chi connectivity index (χ2n) is 19.4. The number of benzene rings is 4. The first-order valence-corrected chi connectivity index (χ1v) is 26.0. The number of nitrogens with zero attached hydrogens (tertiary/aromatic N) is 9. The molecule has 7 aromatic rings. The largest absolute Gasteiger partial charge is 0.492 e. The molecule has 0 bridgehead atoms. The number of nitrogens with one attached hydrogen (secondary N) is 2. The number of carboxylic acid groups (broad SMARTS) is 1. The molecule has 19 heteroatoms.